The summed E-state index contributed by atoms with van der Waals surface area (Å²) < 4.78 is 6.19. The van der Waals surface area contributed by atoms with Crippen LogP contribution in [0, 0.1) is 13.8 Å². The summed E-state index contributed by atoms with van der Waals surface area (Å²) in [5, 5.41) is 0. The molecule has 3 nitrogen and oxygen atoms in total. The highest BCUT2D eigenvalue weighted by atomic mass is 16.5. The molecule has 0 bridgehead atoms. The molecule has 2 aromatic rings. The van der Waals surface area contributed by atoms with Crippen molar-refractivity contribution < 1.29 is 4.74 Å². The number of ether oxygens (including phenoxy) is 1. The third-order valence-electron chi connectivity index (χ3n) is 5.87. The zero-order valence-electron chi connectivity index (χ0n) is 18.0. The summed E-state index contributed by atoms with van der Waals surface area (Å²) in [6.45, 7) is 8.47. The minimum atomic E-state index is 0.435. The average molecular weight is 379 g/mol. The summed E-state index contributed by atoms with van der Waals surface area (Å²) in [7, 11) is 2.05. The Morgan fingerprint density at radius 1 is 1.00 bits per heavy atom. The van der Waals surface area contributed by atoms with Gasteiger partial charge in [0.15, 0.2) is 0 Å². The van der Waals surface area contributed by atoms with E-state index in [4.69, 9.17) is 4.74 Å². The highest BCUT2D eigenvalue weighted by Crippen LogP contribution is 2.35. The van der Waals surface area contributed by atoms with Crippen LogP contribution in [0.4, 0.5) is 5.69 Å². The van der Waals surface area contributed by atoms with Crippen LogP contribution in [0.1, 0.15) is 68.6 Å². The Morgan fingerprint density at radius 2 is 1.68 bits per heavy atom. The van der Waals surface area contributed by atoms with E-state index in [2.05, 4.69) is 74.0 Å². The van der Waals surface area contributed by atoms with Gasteiger partial charge in [-0.25, -0.2) is 4.99 Å². The Hall–Kier alpha value is -2.29. The molecule has 0 N–H and O–H groups in total. The summed E-state index contributed by atoms with van der Waals surface area (Å²) >= 11 is 0. The van der Waals surface area contributed by atoms with E-state index in [0.717, 1.165) is 34.2 Å². The molecule has 0 heterocycles. The predicted molar refractivity (Wildman–Crippen MR) is 119 cm³/mol. The quantitative estimate of drug-likeness (QED) is 0.394. The van der Waals surface area contributed by atoms with E-state index in [1.807, 2.05) is 13.4 Å². The molecule has 0 unspecified atom stereocenters. The minimum Gasteiger partial charge on any atom is -0.457 e. The topological polar surface area (TPSA) is 24.8 Å². The smallest absolute Gasteiger partial charge is 0.130 e. The van der Waals surface area contributed by atoms with Gasteiger partial charge >= 0.3 is 0 Å². The first-order chi connectivity index (χ1) is 13.4. The van der Waals surface area contributed by atoms with Crippen molar-refractivity contribution in [3.05, 3.63) is 53.1 Å². The Kier molecular flexibility index (Phi) is 6.77. The van der Waals surface area contributed by atoms with E-state index in [1.165, 1.54) is 37.7 Å². The molecule has 1 aliphatic carbocycles. The van der Waals surface area contributed by atoms with Crippen LogP contribution in [0.3, 0.4) is 0 Å². The van der Waals surface area contributed by atoms with E-state index in [0.29, 0.717) is 6.04 Å². The van der Waals surface area contributed by atoms with Crippen LogP contribution in [-0.4, -0.2) is 24.3 Å². The molecule has 0 aromatic heterocycles. The Morgan fingerprint density at radius 3 is 2.32 bits per heavy atom. The number of aliphatic imine (C=N–C) groups is 1. The van der Waals surface area contributed by atoms with Gasteiger partial charge in [0.2, 0.25) is 0 Å². The molecule has 0 atom stereocenters. The molecular formula is C25H34N2O. The second kappa shape index (κ2) is 9.27. The van der Waals surface area contributed by atoms with Crippen LogP contribution in [-0.2, 0) is 0 Å². The van der Waals surface area contributed by atoms with Gasteiger partial charge in [0.25, 0.3) is 0 Å². The van der Waals surface area contributed by atoms with Gasteiger partial charge in [-0.05, 0) is 87.4 Å². The number of benzene rings is 2. The predicted octanol–water partition coefficient (Wildman–Crippen LogP) is 7.14. The molecule has 0 amide bonds. The molecule has 2 aromatic carbocycles. The van der Waals surface area contributed by atoms with Crippen LogP contribution in [0.25, 0.3) is 0 Å². The van der Waals surface area contributed by atoms with Crippen molar-refractivity contribution in [3.63, 3.8) is 0 Å². The molecule has 1 saturated carbocycles. The number of hydrogen-bond donors (Lipinski definition) is 0. The van der Waals surface area contributed by atoms with Gasteiger partial charge in [-0.3, -0.25) is 0 Å². The normalized spacial score (nSPS) is 15.4. The van der Waals surface area contributed by atoms with Crippen LogP contribution in [0.5, 0.6) is 11.5 Å². The minimum absolute atomic E-state index is 0.435. The van der Waals surface area contributed by atoms with Gasteiger partial charge in [-0.15, -0.1) is 0 Å². The van der Waals surface area contributed by atoms with Gasteiger partial charge in [0.05, 0.1) is 12.0 Å². The molecule has 3 heteroatoms. The summed E-state index contributed by atoms with van der Waals surface area (Å²) in [5.41, 5.74) is 4.66. The zero-order valence-corrected chi connectivity index (χ0v) is 18.0. The van der Waals surface area contributed by atoms with Crippen molar-refractivity contribution in [2.24, 2.45) is 4.99 Å². The monoisotopic (exact) mass is 378 g/mol. The van der Waals surface area contributed by atoms with Crippen molar-refractivity contribution in [2.45, 2.75) is 71.8 Å². The first-order valence-electron chi connectivity index (χ1n) is 10.6. The SMILES string of the molecule is Cc1cc(Oc2ccc(C3CCCCC3)cc2)c(C)cc1N=CN(C)C(C)C. The van der Waals surface area contributed by atoms with E-state index in [-0.39, 0.29) is 0 Å². The van der Waals surface area contributed by atoms with Crippen LogP contribution in [0.15, 0.2) is 41.4 Å². The lowest BCUT2D eigenvalue weighted by molar-refractivity contribution is 0.429. The van der Waals surface area contributed by atoms with E-state index in [1.54, 1.807) is 0 Å². The van der Waals surface area contributed by atoms with E-state index >= 15 is 0 Å². The third kappa shape index (κ3) is 5.15. The molecular weight excluding hydrogens is 344 g/mol. The molecule has 0 saturated heterocycles. The lowest BCUT2D eigenvalue weighted by atomic mass is 9.84. The molecule has 150 valence electrons. The third-order valence-corrected chi connectivity index (χ3v) is 5.87. The Balaban J connectivity index is 1.71. The summed E-state index contributed by atoms with van der Waals surface area (Å²) in [5.74, 6) is 2.53. The van der Waals surface area contributed by atoms with Gasteiger partial charge in [-0.2, -0.15) is 0 Å². The maximum atomic E-state index is 6.19. The molecule has 0 aliphatic heterocycles. The number of rotatable bonds is 6. The van der Waals surface area contributed by atoms with Crippen LogP contribution in [0.2, 0.25) is 0 Å². The zero-order chi connectivity index (χ0) is 20.1. The number of hydrogen-bond acceptors (Lipinski definition) is 2. The first kappa shape index (κ1) is 20.4. The van der Waals surface area contributed by atoms with Crippen molar-refractivity contribution in [2.75, 3.05) is 7.05 Å². The molecule has 1 fully saturated rings. The lowest BCUT2D eigenvalue weighted by Crippen LogP contribution is -2.24. The number of aryl methyl sites for hydroxylation is 2. The molecule has 0 spiro atoms. The summed E-state index contributed by atoms with van der Waals surface area (Å²) in [4.78, 5) is 6.75. The van der Waals surface area contributed by atoms with Crippen LogP contribution >= 0.6 is 0 Å². The van der Waals surface area contributed by atoms with E-state index in [9.17, 15) is 0 Å². The molecule has 3 rings (SSSR count). The molecule has 1 aliphatic rings. The second-order valence-electron chi connectivity index (χ2n) is 8.41. The van der Waals surface area contributed by atoms with Gasteiger partial charge in [0, 0.05) is 13.1 Å². The van der Waals surface area contributed by atoms with Gasteiger partial charge in [-0.1, -0.05) is 31.4 Å². The largest absolute Gasteiger partial charge is 0.457 e. The fourth-order valence-electron chi connectivity index (χ4n) is 3.68. The van der Waals surface area contributed by atoms with Gasteiger partial charge in [0.1, 0.15) is 11.5 Å². The molecule has 28 heavy (non-hydrogen) atoms. The maximum absolute atomic E-state index is 6.19. The standard InChI is InChI=1S/C25H34N2O/c1-18(2)27(5)17-26-24-15-20(4)25(16-19(24)3)28-23-13-11-22(12-14-23)21-9-7-6-8-10-21/h11-18,21H,6-10H2,1-5H3. The van der Waals surface area contributed by atoms with Crippen molar-refractivity contribution in [1.82, 2.24) is 4.90 Å². The molecule has 0 radical (unpaired) electrons. The summed E-state index contributed by atoms with van der Waals surface area (Å²) in [6, 6.07) is 13.3. The fourth-order valence-corrected chi connectivity index (χ4v) is 3.68. The second-order valence-corrected chi connectivity index (χ2v) is 8.41. The highest BCUT2D eigenvalue weighted by Gasteiger charge is 2.15. The Bertz CT molecular complexity index is 802. The van der Waals surface area contributed by atoms with Crippen LogP contribution < -0.4 is 4.74 Å². The fraction of sp³-hybridized carbons (Fsp3) is 0.480. The summed E-state index contributed by atoms with van der Waals surface area (Å²) in [6.07, 6.45) is 8.67. The van der Waals surface area contributed by atoms with Crippen molar-refractivity contribution >= 4 is 12.0 Å². The van der Waals surface area contributed by atoms with E-state index < -0.39 is 0 Å². The highest BCUT2D eigenvalue weighted by molar-refractivity contribution is 5.65. The maximum Gasteiger partial charge on any atom is 0.130 e. The number of nitrogens with zero attached hydrogens (tertiary/aromatic N) is 2. The lowest BCUT2D eigenvalue weighted by Gasteiger charge is -2.22. The average Bonchev–Trinajstić information content (AvgIpc) is 2.70. The van der Waals surface area contributed by atoms with Crippen molar-refractivity contribution in [3.8, 4) is 11.5 Å². The Labute approximate surface area is 170 Å². The van der Waals surface area contributed by atoms with Gasteiger partial charge < -0.3 is 9.64 Å². The first-order valence-corrected chi connectivity index (χ1v) is 10.6. The van der Waals surface area contributed by atoms with Crippen molar-refractivity contribution in [1.29, 1.82) is 0 Å².